The average molecular weight is 248 g/mol. The molecular formula is C13H7ClFNO. The summed E-state index contributed by atoms with van der Waals surface area (Å²) in [5.74, 6) is 0.520. The van der Waals surface area contributed by atoms with Crippen LogP contribution in [0, 0.1) is 17.1 Å². The van der Waals surface area contributed by atoms with Gasteiger partial charge in [-0.25, -0.2) is 4.39 Å². The molecule has 0 heterocycles. The fraction of sp³-hybridized carbons (Fsp3) is 0. The molecule has 2 aromatic rings. The van der Waals surface area contributed by atoms with Crippen molar-refractivity contribution in [3.05, 3.63) is 58.9 Å². The van der Waals surface area contributed by atoms with Crippen molar-refractivity contribution < 1.29 is 9.13 Å². The van der Waals surface area contributed by atoms with Crippen molar-refractivity contribution in [2.45, 2.75) is 0 Å². The minimum Gasteiger partial charge on any atom is -0.457 e. The Morgan fingerprint density at radius 3 is 2.29 bits per heavy atom. The van der Waals surface area contributed by atoms with Gasteiger partial charge < -0.3 is 4.74 Å². The largest absolute Gasteiger partial charge is 0.457 e. The van der Waals surface area contributed by atoms with Gasteiger partial charge in [-0.05, 0) is 36.4 Å². The van der Waals surface area contributed by atoms with Crippen LogP contribution in [0.3, 0.4) is 0 Å². The lowest BCUT2D eigenvalue weighted by Crippen LogP contribution is -1.85. The number of rotatable bonds is 2. The summed E-state index contributed by atoms with van der Waals surface area (Å²) in [6.07, 6.45) is 0. The first-order valence-electron chi connectivity index (χ1n) is 4.82. The van der Waals surface area contributed by atoms with E-state index in [4.69, 9.17) is 21.6 Å². The maximum atomic E-state index is 12.9. The third-order valence-corrected chi connectivity index (χ3v) is 2.40. The number of hydrogen-bond donors (Lipinski definition) is 0. The number of halogens is 2. The van der Waals surface area contributed by atoms with E-state index >= 15 is 0 Å². The molecule has 2 aromatic carbocycles. The molecule has 0 amide bonds. The third-order valence-electron chi connectivity index (χ3n) is 2.11. The van der Waals surface area contributed by atoms with Gasteiger partial charge in [0, 0.05) is 6.07 Å². The van der Waals surface area contributed by atoms with E-state index in [1.54, 1.807) is 24.3 Å². The van der Waals surface area contributed by atoms with Gasteiger partial charge >= 0.3 is 0 Å². The molecule has 4 heteroatoms. The van der Waals surface area contributed by atoms with Gasteiger partial charge in [-0.2, -0.15) is 5.26 Å². The van der Waals surface area contributed by atoms with Crippen molar-refractivity contribution in [2.24, 2.45) is 0 Å². The summed E-state index contributed by atoms with van der Waals surface area (Å²) in [5, 5.41) is 8.65. The first kappa shape index (κ1) is 11.4. The molecule has 0 saturated carbocycles. The van der Waals surface area contributed by atoms with Crippen LogP contribution in [0.4, 0.5) is 4.39 Å². The summed E-state index contributed by atoms with van der Waals surface area (Å²) in [6.45, 7) is 0. The number of nitrogens with zero attached hydrogens (tertiary/aromatic N) is 1. The van der Waals surface area contributed by atoms with Crippen LogP contribution in [0.15, 0.2) is 42.5 Å². The van der Waals surface area contributed by atoms with Crippen molar-refractivity contribution in [3.63, 3.8) is 0 Å². The quantitative estimate of drug-likeness (QED) is 0.799. The Hall–Kier alpha value is -2.05. The Kier molecular flexibility index (Phi) is 3.27. The van der Waals surface area contributed by atoms with E-state index in [0.717, 1.165) is 0 Å². The zero-order valence-corrected chi connectivity index (χ0v) is 9.41. The van der Waals surface area contributed by atoms with Crippen LogP contribution in [0.2, 0.25) is 5.02 Å². The van der Waals surface area contributed by atoms with E-state index in [1.807, 2.05) is 6.07 Å². The maximum absolute atomic E-state index is 12.9. The van der Waals surface area contributed by atoms with Crippen LogP contribution in [0.25, 0.3) is 0 Å². The minimum atomic E-state index is -0.487. The van der Waals surface area contributed by atoms with E-state index < -0.39 is 5.82 Å². The number of nitriles is 1. The van der Waals surface area contributed by atoms with Crippen LogP contribution < -0.4 is 4.74 Å². The molecule has 0 bridgehead atoms. The van der Waals surface area contributed by atoms with Gasteiger partial charge in [-0.3, -0.25) is 0 Å². The minimum absolute atomic E-state index is 0.0103. The molecule has 2 nitrogen and oxygen atoms in total. The number of ether oxygens (including phenoxy) is 1. The molecule has 0 atom stereocenters. The summed E-state index contributed by atoms with van der Waals surface area (Å²) in [7, 11) is 0. The maximum Gasteiger partial charge on any atom is 0.142 e. The molecule has 0 saturated heterocycles. The second kappa shape index (κ2) is 4.86. The Balaban J connectivity index is 2.20. The molecule has 84 valence electrons. The van der Waals surface area contributed by atoms with E-state index in [-0.39, 0.29) is 5.02 Å². The molecule has 0 aliphatic carbocycles. The van der Waals surface area contributed by atoms with Crippen LogP contribution in [-0.2, 0) is 0 Å². The zero-order chi connectivity index (χ0) is 12.3. The Bertz CT molecular complexity index is 575. The van der Waals surface area contributed by atoms with Gasteiger partial charge in [-0.1, -0.05) is 11.6 Å². The highest BCUT2D eigenvalue weighted by Crippen LogP contribution is 2.26. The van der Waals surface area contributed by atoms with E-state index in [1.165, 1.54) is 18.2 Å². The highest BCUT2D eigenvalue weighted by Gasteiger charge is 2.02. The smallest absolute Gasteiger partial charge is 0.142 e. The van der Waals surface area contributed by atoms with E-state index in [2.05, 4.69) is 0 Å². The Labute approximate surface area is 103 Å². The van der Waals surface area contributed by atoms with E-state index in [0.29, 0.717) is 17.1 Å². The normalized spacial score (nSPS) is 9.71. The predicted octanol–water partition coefficient (Wildman–Crippen LogP) is 4.14. The monoisotopic (exact) mass is 247 g/mol. The molecule has 0 spiro atoms. The van der Waals surface area contributed by atoms with Crippen molar-refractivity contribution in [3.8, 4) is 17.6 Å². The lowest BCUT2D eigenvalue weighted by atomic mass is 10.2. The van der Waals surface area contributed by atoms with Crippen molar-refractivity contribution >= 4 is 11.6 Å². The topological polar surface area (TPSA) is 33.0 Å². The molecule has 17 heavy (non-hydrogen) atoms. The van der Waals surface area contributed by atoms with Crippen molar-refractivity contribution in [2.75, 3.05) is 0 Å². The molecule has 0 unspecified atom stereocenters. The summed E-state index contributed by atoms with van der Waals surface area (Å²) >= 11 is 5.63. The molecular weight excluding hydrogens is 241 g/mol. The second-order valence-electron chi connectivity index (χ2n) is 3.31. The number of hydrogen-bond acceptors (Lipinski definition) is 2. The molecule has 0 fully saturated rings. The van der Waals surface area contributed by atoms with Gasteiger partial charge in [0.05, 0.1) is 16.7 Å². The highest BCUT2D eigenvalue weighted by atomic mass is 35.5. The number of benzene rings is 2. The van der Waals surface area contributed by atoms with Crippen LogP contribution >= 0.6 is 11.6 Å². The van der Waals surface area contributed by atoms with Crippen LogP contribution in [-0.4, -0.2) is 0 Å². The van der Waals surface area contributed by atoms with Crippen molar-refractivity contribution in [1.29, 1.82) is 5.26 Å². The van der Waals surface area contributed by atoms with Crippen LogP contribution in [0.5, 0.6) is 11.5 Å². The van der Waals surface area contributed by atoms with Gasteiger partial charge in [-0.15, -0.1) is 0 Å². The molecule has 0 aliphatic rings. The predicted molar refractivity (Wildman–Crippen MR) is 62.6 cm³/mol. The fourth-order valence-electron chi connectivity index (χ4n) is 1.27. The third kappa shape index (κ3) is 2.74. The lowest BCUT2D eigenvalue weighted by molar-refractivity contribution is 0.480. The summed E-state index contributed by atoms with van der Waals surface area (Å²) < 4.78 is 18.4. The SMILES string of the molecule is N#Cc1ccc(Oc2ccc(F)c(Cl)c2)cc1. The molecule has 0 aliphatic heterocycles. The second-order valence-corrected chi connectivity index (χ2v) is 3.72. The first-order valence-corrected chi connectivity index (χ1v) is 5.20. The highest BCUT2D eigenvalue weighted by molar-refractivity contribution is 6.30. The van der Waals surface area contributed by atoms with Crippen LogP contribution in [0.1, 0.15) is 5.56 Å². The average Bonchev–Trinajstić information content (AvgIpc) is 2.35. The van der Waals surface area contributed by atoms with Crippen molar-refractivity contribution in [1.82, 2.24) is 0 Å². The molecule has 0 N–H and O–H groups in total. The van der Waals surface area contributed by atoms with Gasteiger partial charge in [0.1, 0.15) is 17.3 Å². The lowest BCUT2D eigenvalue weighted by Gasteiger charge is -2.06. The summed E-state index contributed by atoms with van der Waals surface area (Å²) in [6, 6.07) is 12.7. The Morgan fingerprint density at radius 2 is 1.71 bits per heavy atom. The first-order chi connectivity index (χ1) is 8.19. The van der Waals surface area contributed by atoms with Gasteiger partial charge in [0.2, 0.25) is 0 Å². The van der Waals surface area contributed by atoms with Gasteiger partial charge in [0.25, 0.3) is 0 Å². The fourth-order valence-corrected chi connectivity index (χ4v) is 1.44. The van der Waals surface area contributed by atoms with Gasteiger partial charge in [0.15, 0.2) is 0 Å². The Morgan fingerprint density at radius 1 is 1.06 bits per heavy atom. The van der Waals surface area contributed by atoms with E-state index in [9.17, 15) is 4.39 Å². The summed E-state index contributed by atoms with van der Waals surface area (Å²) in [4.78, 5) is 0. The molecule has 2 rings (SSSR count). The zero-order valence-electron chi connectivity index (χ0n) is 8.65. The molecule has 0 aromatic heterocycles. The summed E-state index contributed by atoms with van der Waals surface area (Å²) in [5.41, 5.74) is 0.550. The standard InChI is InChI=1S/C13H7ClFNO/c14-12-7-11(5-6-13(12)15)17-10-3-1-9(8-16)2-4-10/h1-7H. The molecule has 0 radical (unpaired) electrons.